The normalized spacial score (nSPS) is 9.92. The van der Waals surface area contributed by atoms with Crippen LogP contribution in [0.2, 0.25) is 6.82 Å². The Hall–Kier alpha value is -0.795. The number of nitrogens with one attached hydrogen (secondary N) is 1. The summed E-state index contributed by atoms with van der Waals surface area (Å²) in [5.74, 6) is 0. The van der Waals surface area contributed by atoms with Gasteiger partial charge < -0.3 is 4.84 Å². The van der Waals surface area contributed by atoms with Crippen LogP contribution in [-0.4, -0.2) is 14.0 Å². The van der Waals surface area contributed by atoms with Gasteiger partial charge in [-0.15, -0.1) is 0 Å². The summed E-state index contributed by atoms with van der Waals surface area (Å²) in [7, 11) is 1.63. The standard InChI is InChI=1S/C9H14BNO/c1-8-4-6-9(7-5-8)10(2)11-12-3/h4-7,11H,1-3H3. The van der Waals surface area contributed by atoms with E-state index in [0.717, 1.165) is 0 Å². The Kier molecular flexibility index (Phi) is 3.32. The Labute approximate surface area is 74.0 Å². The molecule has 0 saturated carbocycles. The van der Waals surface area contributed by atoms with Crippen molar-refractivity contribution in [2.24, 2.45) is 0 Å². The highest BCUT2D eigenvalue weighted by atomic mass is 16.6. The maximum absolute atomic E-state index is 4.84. The zero-order valence-electron chi connectivity index (χ0n) is 7.79. The molecule has 3 heteroatoms. The van der Waals surface area contributed by atoms with E-state index in [4.69, 9.17) is 4.84 Å². The molecule has 12 heavy (non-hydrogen) atoms. The lowest BCUT2D eigenvalue weighted by Crippen LogP contribution is -2.41. The molecule has 0 atom stereocenters. The molecule has 0 fully saturated rings. The Bertz CT molecular complexity index is 235. The molecule has 1 rings (SSSR count). The molecule has 0 aromatic heterocycles. The quantitative estimate of drug-likeness (QED) is 0.529. The lowest BCUT2D eigenvalue weighted by atomic mass is 9.60. The van der Waals surface area contributed by atoms with E-state index in [1.807, 2.05) is 0 Å². The van der Waals surface area contributed by atoms with Gasteiger partial charge in [-0.2, -0.15) is 0 Å². The van der Waals surface area contributed by atoms with Gasteiger partial charge in [0.15, 0.2) is 0 Å². The third-order valence-corrected chi connectivity index (χ3v) is 1.87. The number of rotatable bonds is 3. The van der Waals surface area contributed by atoms with Gasteiger partial charge in [-0.1, -0.05) is 42.1 Å². The largest absolute Gasteiger partial charge is 0.316 e. The molecule has 2 nitrogen and oxygen atoms in total. The zero-order chi connectivity index (χ0) is 8.97. The van der Waals surface area contributed by atoms with Crippen molar-refractivity contribution in [1.29, 1.82) is 0 Å². The molecular formula is C9H14BNO. The fraction of sp³-hybridized carbons (Fsp3) is 0.333. The molecule has 0 saturated heterocycles. The Morgan fingerprint density at radius 1 is 1.25 bits per heavy atom. The van der Waals surface area contributed by atoms with Crippen LogP contribution < -0.4 is 10.9 Å². The highest BCUT2D eigenvalue weighted by molar-refractivity contribution is 6.69. The zero-order valence-corrected chi connectivity index (χ0v) is 7.79. The number of benzene rings is 1. The van der Waals surface area contributed by atoms with E-state index < -0.39 is 0 Å². The minimum atomic E-state index is 0.246. The number of hydrogen-bond donors (Lipinski definition) is 1. The Morgan fingerprint density at radius 3 is 2.33 bits per heavy atom. The van der Waals surface area contributed by atoms with Gasteiger partial charge in [0.2, 0.25) is 0 Å². The predicted octanol–water partition coefficient (Wildman–Crippen LogP) is 0.974. The van der Waals surface area contributed by atoms with Crippen molar-refractivity contribution in [3.8, 4) is 0 Å². The lowest BCUT2D eigenvalue weighted by Gasteiger charge is -2.08. The van der Waals surface area contributed by atoms with E-state index in [0.29, 0.717) is 0 Å². The van der Waals surface area contributed by atoms with Crippen molar-refractivity contribution < 1.29 is 4.84 Å². The second-order valence-electron chi connectivity index (χ2n) is 2.95. The molecule has 1 aromatic carbocycles. The van der Waals surface area contributed by atoms with Gasteiger partial charge in [-0.05, 0) is 6.92 Å². The summed E-state index contributed by atoms with van der Waals surface area (Å²) in [6.07, 6.45) is 0. The molecular weight excluding hydrogens is 149 g/mol. The number of hydrogen-bond acceptors (Lipinski definition) is 2. The maximum atomic E-state index is 4.84. The van der Waals surface area contributed by atoms with Crippen LogP contribution in [0.25, 0.3) is 0 Å². The summed E-state index contributed by atoms with van der Waals surface area (Å²) in [5, 5.41) is 2.88. The van der Waals surface area contributed by atoms with Crippen LogP contribution in [0.5, 0.6) is 0 Å². The summed E-state index contributed by atoms with van der Waals surface area (Å²) >= 11 is 0. The van der Waals surface area contributed by atoms with E-state index in [2.05, 4.69) is 43.4 Å². The molecule has 0 aliphatic rings. The first-order valence-electron chi connectivity index (χ1n) is 4.09. The molecule has 0 aliphatic carbocycles. The van der Waals surface area contributed by atoms with Gasteiger partial charge in [-0.25, -0.2) is 5.39 Å². The molecule has 0 heterocycles. The molecule has 64 valence electrons. The van der Waals surface area contributed by atoms with Crippen LogP contribution >= 0.6 is 0 Å². The van der Waals surface area contributed by atoms with E-state index >= 15 is 0 Å². The van der Waals surface area contributed by atoms with Crippen molar-refractivity contribution in [3.63, 3.8) is 0 Å². The fourth-order valence-corrected chi connectivity index (χ4v) is 1.10. The van der Waals surface area contributed by atoms with Crippen LogP contribution in [0.15, 0.2) is 24.3 Å². The van der Waals surface area contributed by atoms with Crippen LogP contribution in [0, 0.1) is 6.92 Å². The fourth-order valence-electron chi connectivity index (χ4n) is 1.10. The summed E-state index contributed by atoms with van der Waals surface area (Å²) < 4.78 is 0. The van der Waals surface area contributed by atoms with Crippen LogP contribution in [0.1, 0.15) is 5.56 Å². The van der Waals surface area contributed by atoms with Crippen molar-refractivity contribution in [2.75, 3.05) is 7.11 Å². The molecule has 0 radical (unpaired) electrons. The highest BCUT2D eigenvalue weighted by Crippen LogP contribution is 1.93. The van der Waals surface area contributed by atoms with Gasteiger partial charge in [0, 0.05) is 0 Å². The van der Waals surface area contributed by atoms with Crippen molar-refractivity contribution in [2.45, 2.75) is 13.7 Å². The molecule has 0 aliphatic heterocycles. The minimum Gasteiger partial charge on any atom is -0.316 e. The predicted molar refractivity (Wildman–Crippen MR) is 52.6 cm³/mol. The SMILES string of the molecule is CONB(C)c1ccc(C)cc1. The molecule has 0 unspecified atom stereocenters. The molecule has 1 N–H and O–H groups in total. The Balaban J connectivity index is 2.68. The average Bonchev–Trinajstić information content (AvgIpc) is 2.06. The van der Waals surface area contributed by atoms with Gasteiger partial charge in [-0.3, -0.25) is 0 Å². The summed E-state index contributed by atoms with van der Waals surface area (Å²) in [6.45, 7) is 4.39. The maximum Gasteiger partial charge on any atom is 0.281 e. The topological polar surface area (TPSA) is 21.3 Å². The first-order valence-corrected chi connectivity index (χ1v) is 4.09. The molecule has 0 bridgehead atoms. The lowest BCUT2D eigenvalue weighted by molar-refractivity contribution is 0.151. The van der Waals surface area contributed by atoms with E-state index in [-0.39, 0.29) is 6.85 Å². The minimum absolute atomic E-state index is 0.246. The second kappa shape index (κ2) is 4.29. The van der Waals surface area contributed by atoms with Gasteiger partial charge in [0.25, 0.3) is 6.85 Å². The first kappa shape index (κ1) is 9.29. The van der Waals surface area contributed by atoms with Gasteiger partial charge in [0.05, 0.1) is 7.11 Å². The highest BCUT2D eigenvalue weighted by Gasteiger charge is 2.08. The number of aryl methyl sites for hydroxylation is 1. The van der Waals surface area contributed by atoms with Crippen LogP contribution in [0.3, 0.4) is 0 Å². The summed E-state index contributed by atoms with van der Waals surface area (Å²) in [4.78, 5) is 4.84. The van der Waals surface area contributed by atoms with E-state index in [9.17, 15) is 0 Å². The summed E-state index contributed by atoms with van der Waals surface area (Å²) in [5.41, 5.74) is 2.52. The van der Waals surface area contributed by atoms with Crippen LogP contribution in [0.4, 0.5) is 0 Å². The third-order valence-electron chi connectivity index (χ3n) is 1.87. The van der Waals surface area contributed by atoms with Crippen molar-refractivity contribution in [1.82, 2.24) is 5.39 Å². The monoisotopic (exact) mass is 163 g/mol. The molecule has 1 aromatic rings. The van der Waals surface area contributed by atoms with Crippen molar-refractivity contribution >= 4 is 12.3 Å². The van der Waals surface area contributed by atoms with E-state index in [1.54, 1.807) is 7.11 Å². The third kappa shape index (κ3) is 2.36. The van der Waals surface area contributed by atoms with Crippen molar-refractivity contribution in [3.05, 3.63) is 29.8 Å². The van der Waals surface area contributed by atoms with E-state index in [1.165, 1.54) is 11.0 Å². The molecule has 0 spiro atoms. The average molecular weight is 163 g/mol. The summed E-state index contributed by atoms with van der Waals surface area (Å²) in [6, 6.07) is 8.41. The second-order valence-corrected chi connectivity index (χ2v) is 2.95. The molecule has 0 amide bonds. The first-order chi connectivity index (χ1) is 5.74. The van der Waals surface area contributed by atoms with Gasteiger partial charge in [0.1, 0.15) is 0 Å². The smallest absolute Gasteiger partial charge is 0.281 e. The van der Waals surface area contributed by atoms with Crippen LogP contribution in [-0.2, 0) is 4.84 Å². The van der Waals surface area contributed by atoms with Gasteiger partial charge >= 0.3 is 0 Å². The Morgan fingerprint density at radius 2 is 1.83 bits per heavy atom.